The van der Waals surface area contributed by atoms with Crippen LogP contribution in [0.4, 0.5) is 0 Å². The van der Waals surface area contributed by atoms with Crippen LogP contribution < -0.4 is 0 Å². The Labute approximate surface area is 261 Å². The summed E-state index contributed by atoms with van der Waals surface area (Å²) in [5.74, 6) is 0.00296. The summed E-state index contributed by atoms with van der Waals surface area (Å²) in [5.41, 5.74) is 0. The number of ketones is 2. The average molecular weight is 597 g/mol. The zero-order valence-corrected chi connectivity index (χ0v) is 29.0. The standard InChI is InChI=1S/C21H42NO2.C15H30NO2/c1-5-6-7-8-9-10-11-12-13-14-15-16-17-18-20(23)21(24)19-22(2,3)4;1-5-6-7-8-9-10-11-12-14(17)15(18)13-16(2,3)4/h10-11,21,24H,5-9,12-19H2,1-4H3;5,15,18H,1,6-13H2,2-4H3/q2*+1/b11-10+;. The summed E-state index contributed by atoms with van der Waals surface area (Å²) in [6.07, 6.45) is 26.2. The van der Waals surface area contributed by atoms with Gasteiger partial charge in [0.1, 0.15) is 13.1 Å². The first-order valence-electron chi connectivity index (χ1n) is 17.0. The second-order valence-electron chi connectivity index (χ2n) is 14.1. The fourth-order valence-corrected chi connectivity index (χ4v) is 4.71. The molecule has 0 bridgehead atoms. The van der Waals surface area contributed by atoms with Crippen LogP contribution in [0.3, 0.4) is 0 Å². The van der Waals surface area contributed by atoms with Gasteiger partial charge in [-0.15, -0.1) is 6.58 Å². The van der Waals surface area contributed by atoms with Crippen molar-refractivity contribution in [3.05, 3.63) is 24.8 Å². The fourth-order valence-electron chi connectivity index (χ4n) is 4.71. The first kappa shape index (κ1) is 42.8. The Bertz CT molecular complexity index is 691. The van der Waals surface area contributed by atoms with E-state index in [-0.39, 0.29) is 11.6 Å². The average Bonchev–Trinajstić information content (AvgIpc) is 2.89. The lowest BCUT2D eigenvalue weighted by atomic mass is 10.0. The minimum atomic E-state index is -0.800. The third kappa shape index (κ3) is 33.2. The number of aliphatic hydroxyl groups excluding tert-OH is 2. The summed E-state index contributed by atoms with van der Waals surface area (Å²) in [6, 6.07) is 0. The van der Waals surface area contributed by atoms with E-state index in [4.69, 9.17) is 0 Å². The molecule has 0 heterocycles. The molecule has 2 unspecified atom stereocenters. The van der Waals surface area contributed by atoms with Gasteiger partial charge in [0.15, 0.2) is 23.8 Å². The van der Waals surface area contributed by atoms with Crippen LogP contribution in [0.5, 0.6) is 0 Å². The molecule has 42 heavy (non-hydrogen) atoms. The summed E-state index contributed by atoms with van der Waals surface area (Å²) < 4.78 is 1.24. The maximum atomic E-state index is 11.9. The normalized spacial score (nSPS) is 13.5. The molecular weight excluding hydrogens is 524 g/mol. The number of rotatable bonds is 27. The number of allylic oxidation sites excluding steroid dienone is 3. The number of carbonyl (C=O) groups is 2. The molecule has 0 radical (unpaired) electrons. The van der Waals surface area contributed by atoms with Crippen molar-refractivity contribution < 1.29 is 28.8 Å². The van der Waals surface area contributed by atoms with Crippen molar-refractivity contribution in [2.24, 2.45) is 0 Å². The highest BCUT2D eigenvalue weighted by atomic mass is 16.3. The van der Waals surface area contributed by atoms with Gasteiger partial charge in [-0.05, 0) is 51.4 Å². The van der Waals surface area contributed by atoms with Gasteiger partial charge in [0.2, 0.25) is 0 Å². The number of aliphatic hydroxyl groups is 2. The predicted molar refractivity (Wildman–Crippen MR) is 181 cm³/mol. The Morgan fingerprint density at radius 3 is 1.26 bits per heavy atom. The smallest absolute Gasteiger partial charge is 0.167 e. The van der Waals surface area contributed by atoms with E-state index < -0.39 is 12.2 Å². The number of Topliss-reactive ketones (excluding diaryl/α,β-unsaturated/α-hetero) is 2. The monoisotopic (exact) mass is 597 g/mol. The van der Waals surface area contributed by atoms with Gasteiger partial charge in [-0.2, -0.15) is 0 Å². The minimum absolute atomic E-state index is 0.00542. The number of likely N-dealkylation sites (N-methyl/N-ethyl adjacent to an activating group) is 2. The second kappa shape index (κ2) is 27.2. The van der Waals surface area contributed by atoms with Crippen LogP contribution in [-0.2, 0) is 9.59 Å². The molecule has 0 rings (SSSR count). The van der Waals surface area contributed by atoms with Crippen LogP contribution in [-0.4, -0.2) is 98.3 Å². The van der Waals surface area contributed by atoms with Crippen molar-refractivity contribution in [2.45, 2.75) is 141 Å². The molecular formula is C36H72N2O4+2. The second-order valence-corrected chi connectivity index (χ2v) is 14.1. The van der Waals surface area contributed by atoms with Gasteiger partial charge in [-0.25, -0.2) is 0 Å². The maximum Gasteiger partial charge on any atom is 0.167 e. The third-order valence-corrected chi connectivity index (χ3v) is 7.20. The molecule has 0 saturated heterocycles. The number of unbranched alkanes of at least 4 members (excludes halogenated alkanes) is 14. The highest BCUT2D eigenvalue weighted by molar-refractivity contribution is 5.83. The lowest BCUT2D eigenvalue weighted by molar-refractivity contribution is -0.872. The van der Waals surface area contributed by atoms with Gasteiger partial charge in [0.05, 0.1) is 42.3 Å². The molecule has 0 aliphatic rings. The van der Waals surface area contributed by atoms with E-state index in [0.29, 0.717) is 34.9 Å². The molecule has 0 aromatic heterocycles. The summed E-state index contributed by atoms with van der Waals surface area (Å²) in [5, 5.41) is 19.6. The van der Waals surface area contributed by atoms with E-state index in [0.717, 1.165) is 32.1 Å². The van der Waals surface area contributed by atoms with Crippen molar-refractivity contribution in [3.8, 4) is 0 Å². The largest absolute Gasteiger partial charge is 0.380 e. The van der Waals surface area contributed by atoms with Gasteiger partial charge in [0.25, 0.3) is 0 Å². The van der Waals surface area contributed by atoms with E-state index in [1.165, 1.54) is 77.0 Å². The molecule has 0 spiro atoms. The third-order valence-electron chi connectivity index (χ3n) is 7.20. The quantitative estimate of drug-likeness (QED) is 0.0588. The highest BCUT2D eigenvalue weighted by Crippen LogP contribution is 2.11. The summed E-state index contributed by atoms with van der Waals surface area (Å²) in [6.45, 7) is 6.94. The summed E-state index contributed by atoms with van der Waals surface area (Å²) in [7, 11) is 11.9. The van der Waals surface area contributed by atoms with E-state index in [2.05, 4.69) is 25.7 Å². The number of nitrogens with zero attached hydrogens (tertiary/aromatic N) is 2. The van der Waals surface area contributed by atoms with E-state index in [1.807, 2.05) is 48.4 Å². The van der Waals surface area contributed by atoms with Crippen molar-refractivity contribution >= 4 is 11.6 Å². The number of hydrogen-bond acceptors (Lipinski definition) is 4. The van der Waals surface area contributed by atoms with Gasteiger partial charge in [-0.3, -0.25) is 9.59 Å². The molecule has 0 aliphatic heterocycles. The minimum Gasteiger partial charge on any atom is -0.380 e. The zero-order valence-electron chi connectivity index (χ0n) is 29.0. The number of carbonyl (C=O) groups excluding carboxylic acids is 2. The maximum absolute atomic E-state index is 11.9. The molecule has 0 aromatic rings. The van der Waals surface area contributed by atoms with Crippen LogP contribution in [0.15, 0.2) is 24.8 Å². The predicted octanol–water partition coefficient (Wildman–Crippen LogP) is 7.42. The van der Waals surface area contributed by atoms with Crippen LogP contribution >= 0.6 is 0 Å². The van der Waals surface area contributed by atoms with Crippen LogP contribution in [0, 0.1) is 0 Å². The molecule has 0 fully saturated rings. The molecule has 0 aliphatic carbocycles. The summed E-state index contributed by atoms with van der Waals surface area (Å²) in [4.78, 5) is 23.5. The van der Waals surface area contributed by atoms with Crippen LogP contribution in [0.25, 0.3) is 0 Å². The number of hydrogen-bond donors (Lipinski definition) is 2. The zero-order chi connectivity index (χ0) is 32.3. The molecule has 2 atom stereocenters. The van der Waals surface area contributed by atoms with Gasteiger partial charge in [-0.1, -0.05) is 82.9 Å². The van der Waals surface area contributed by atoms with Gasteiger partial charge >= 0.3 is 0 Å². The van der Waals surface area contributed by atoms with E-state index in [1.54, 1.807) is 0 Å². The number of quaternary nitrogens is 2. The Morgan fingerprint density at radius 2 is 0.905 bits per heavy atom. The molecule has 0 saturated carbocycles. The van der Waals surface area contributed by atoms with Crippen molar-refractivity contribution in [1.82, 2.24) is 0 Å². The van der Waals surface area contributed by atoms with Crippen LogP contribution in [0.1, 0.15) is 129 Å². The SMILES string of the molecule is C=CCCCCCCCC(=O)C(O)C[N+](C)(C)C.CCCCCC/C=C/CCCCCCCC(=O)C(O)C[N+](C)(C)C. The van der Waals surface area contributed by atoms with Gasteiger partial charge < -0.3 is 19.2 Å². The first-order valence-corrected chi connectivity index (χ1v) is 17.0. The van der Waals surface area contributed by atoms with Crippen molar-refractivity contribution in [3.63, 3.8) is 0 Å². The van der Waals surface area contributed by atoms with E-state index >= 15 is 0 Å². The molecule has 2 N–H and O–H groups in total. The Morgan fingerprint density at radius 1 is 0.571 bits per heavy atom. The Hall–Kier alpha value is -1.34. The lowest BCUT2D eigenvalue weighted by Crippen LogP contribution is -2.44. The summed E-state index contributed by atoms with van der Waals surface area (Å²) >= 11 is 0. The topological polar surface area (TPSA) is 74.6 Å². The molecule has 6 heteroatoms. The van der Waals surface area contributed by atoms with Crippen LogP contribution in [0.2, 0.25) is 0 Å². The van der Waals surface area contributed by atoms with Crippen molar-refractivity contribution in [2.75, 3.05) is 55.4 Å². The first-order chi connectivity index (χ1) is 19.7. The van der Waals surface area contributed by atoms with Crippen molar-refractivity contribution in [1.29, 1.82) is 0 Å². The highest BCUT2D eigenvalue weighted by Gasteiger charge is 2.22. The van der Waals surface area contributed by atoms with Gasteiger partial charge in [0, 0.05) is 12.8 Å². The lowest BCUT2D eigenvalue weighted by Gasteiger charge is -2.26. The Kier molecular flexibility index (Phi) is 27.7. The molecule has 6 nitrogen and oxygen atoms in total. The molecule has 0 aromatic carbocycles. The Balaban J connectivity index is 0. The fraction of sp³-hybridized carbons (Fsp3) is 0.833. The molecule has 248 valence electrons. The van der Waals surface area contributed by atoms with E-state index in [9.17, 15) is 19.8 Å². The molecule has 0 amide bonds.